The van der Waals surface area contributed by atoms with Crippen LogP contribution in [0, 0.1) is 5.92 Å². The summed E-state index contributed by atoms with van der Waals surface area (Å²) in [7, 11) is 0. The first-order chi connectivity index (χ1) is 7.54. The molecule has 1 heteroatoms. The maximum absolute atomic E-state index is 10.2. The summed E-state index contributed by atoms with van der Waals surface area (Å²) in [5.74, 6) is 0.188. The van der Waals surface area contributed by atoms with Gasteiger partial charge in [-0.2, -0.15) is 0 Å². The van der Waals surface area contributed by atoms with E-state index in [-0.39, 0.29) is 5.92 Å². The Morgan fingerprint density at radius 1 is 1.12 bits per heavy atom. The van der Waals surface area contributed by atoms with E-state index in [1.165, 1.54) is 38.5 Å². The quantitative estimate of drug-likeness (QED) is 0.423. The summed E-state index contributed by atoms with van der Waals surface area (Å²) >= 11 is 0. The highest BCUT2D eigenvalue weighted by Crippen LogP contribution is 2.24. The van der Waals surface area contributed by atoms with Gasteiger partial charge in [0.05, 0.1) is 5.60 Å². The molecule has 0 fully saturated rings. The predicted octanol–water partition coefficient (Wildman–Crippen LogP) is 4.70. The van der Waals surface area contributed by atoms with Gasteiger partial charge in [-0.1, -0.05) is 64.9 Å². The van der Waals surface area contributed by atoms with Gasteiger partial charge in [0, 0.05) is 5.92 Å². The average molecular weight is 226 g/mol. The van der Waals surface area contributed by atoms with Crippen LogP contribution in [0.1, 0.15) is 72.1 Å². The van der Waals surface area contributed by atoms with Crippen LogP contribution >= 0.6 is 0 Å². The standard InChI is InChI=1S/C15H30O/c1-5-7-8-9-10-11-12-13-15(4,16)14(3)6-2/h6,14,16H,2,5,7-13H2,1,3-4H3/t14-,15+/m0/s1. The maximum atomic E-state index is 10.2. The molecule has 0 heterocycles. The van der Waals surface area contributed by atoms with Crippen molar-refractivity contribution in [2.24, 2.45) is 5.92 Å². The first-order valence-electron chi connectivity index (χ1n) is 6.89. The third-order valence-electron chi connectivity index (χ3n) is 3.62. The second-order valence-corrected chi connectivity index (χ2v) is 5.25. The molecule has 0 rings (SSSR count). The topological polar surface area (TPSA) is 20.2 Å². The van der Waals surface area contributed by atoms with Crippen molar-refractivity contribution in [2.75, 3.05) is 0 Å². The van der Waals surface area contributed by atoms with Crippen LogP contribution in [-0.2, 0) is 0 Å². The molecule has 1 N–H and O–H groups in total. The van der Waals surface area contributed by atoms with E-state index in [2.05, 4.69) is 13.5 Å². The van der Waals surface area contributed by atoms with Crippen molar-refractivity contribution in [3.8, 4) is 0 Å². The largest absolute Gasteiger partial charge is 0.390 e. The summed E-state index contributed by atoms with van der Waals surface area (Å²) in [5.41, 5.74) is -0.564. The zero-order chi connectivity index (χ0) is 12.4. The first-order valence-corrected chi connectivity index (χ1v) is 6.89. The van der Waals surface area contributed by atoms with Crippen molar-refractivity contribution in [1.29, 1.82) is 0 Å². The summed E-state index contributed by atoms with van der Waals surface area (Å²) < 4.78 is 0. The predicted molar refractivity (Wildman–Crippen MR) is 72.6 cm³/mol. The molecule has 0 radical (unpaired) electrons. The second kappa shape index (κ2) is 8.81. The van der Waals surface area contributed by atoms with Gasteiger partial charge in [-0.15, -0.1) is 6.58 Å². The Morgan fingerprint density at radius 2 is 1.62 bits per heavy atom. The first kappa shape index (κ1) is 15.7. The van der Waals surface area contributed by atoms with Gasteiger partial charge in [0.25, 0.3) is 0 Å². The van der Waals surface area contributed by atoms with Crippen LogP contribution in [0.25, 0.3) is 0 Å². The highest BCUT2D eigenvalue weighted by molar-refractivity contribution is 4.89. The fraction of sp³-hybridized carbons (Fsp3) is 0.867. The number of rotatable bonds is 10. The lowest BCUT2D eigenvalue weighted by atomic mass is 9.86. The van der Waals surface area contributed by atoms with Crippen LogP contribution in [0.15, 0.2) is 12.7 Å². The summed E-state index contributed by atoms with van der Waals surface area (Å²) in [6, 6.07) is 0. The highest BCUT2D eigenvalue weighted by Gasteiger charge is 2.24. The van der Waals surface area contributed by atoms with Gasteiger partial charge < -0.3 is 5.11 Å². The lowest BCUT2D eigenvalue weighted by Gasteiger charge is -2.28. The molecule has 0 aliphatic rings. The highest BCUT2D eigenvalue weighted by atomic mass is 16.3. The van der Waals surface area contributed by atoms with E-state index in [4.69, 9.17) is 0 Å². The van der Waals surface area contributed by atoms with E-state index >= 15 is 0 Å². The molecule has 0 unspecified atom stereocenters. The van der Waals surface area contributed by atoms with Gasteiger partial charge in [0.15, 0.2) is 0 Å². The molecule has 0 saturated carbocycles. The van der Waals surface area contributed by atoms with Crippen molar-refractivity contribution < 1.29 is 5.11 Å². The van der Waals surface area contributed by atoms with Gasteiger partial charge in [-0.05, 0) is 13.3 Å². The van der Waals surface area contributed by atoms with Crippen molar-refractivity contribution in [2.45, 2.75) is 77.7 Å². The third-order valence-corrected chi connectivity index (χ3v) is 3.62. The van der Waals surface area contributed by atoms with Crippen LogP contribution in [0.3, 0.4) is 0 Å². The fourth-order valence-electron chi connectivity index (χ4n) is 1.92. The van der Waals surface area contributed by atoms with Gasteiger partial charge >= 0.3 is 0 Å². The SMILES string of the molecule is C=C[C@H](C)[C@](C)(O)CCCCCCCCC. The molecule has 0 aliphatic carbocycles. The zero-order valence-corrected chi connectivity index (χ0v) is 11.5. The van der Waals surface area contributed by atoms with Gasteiger partial charge in [-0.25, -0.2) is 0 Å². The molecule has 1 nitrogen and oxygen atoms in total. The van der Waals surface area contributed by atoms with Crippen LogP contribution in [0.2, 0.25) is 0 Å². The van der Waals surface area contributed by atoms with Gasteiger partial charge in [-0.3, -0.25) is 0 Å². The third kappa shape index (κ3) is 7.05. The van der Waals surface area contributed by atoms with Crippen LogP contribution in [0.5, 0.6) is 0 Å². The molecule has 0 aliphatic heterocycles. The van der Waals surface area contributed by atoms with E-state index in [1.54, 1.807) is 0 Å². The molecule has 0 bridgehead atoms. The average Bonchev–Trinajstić information content (AvgIpc) is 2.26. The molecule has 2 atom stereocenters. The normalized spacial score (nSPS) is 16.8. The van der Waals surface area contributed by atoms with E-state index in [9.17, 15) is 5.11 Å². The lowest BCUT2D eigenvalue weighted by molar-refractivity contribution is 0.0138. The van der Waals surface area contributed by atoms with E-state index in [1.807, 2.05) is 19.9 Å². The molecule has 0 saturated heterocycles. The summed E-state index contributed by atoms with van der Waals surface area (Å²) in [4.78, 5) is 0. The molecule has 0 aromatic carbocycles. The number of hydrogen-bond acceptors (Lipinski definition) is 1. The Hall–Kier alpha value is -0.300. The number of aliphatic hydroxyl groups is 1. The van der Waals surface area contributed by atoms with Crippen LogP contribution in [-0.4, -0.2) is 10.7 Å². The molecule has 96 valence electrons. The van der Waals surface area contributed by atoms with E-state index in [0.29, 0.717) is 0 Å². The van der Waals surface area contributed by atoms with Crippen LogP contribution < -0.4 is 0 Å². The minimum Gasteiger partial charge on any atom is -0.390 e. The lowest BCUT2D eigenvalue weighted by Crippen LogP contribution is -2.31. The summed E-state index contributed by atoms with van der Waals surface area (Å²) in [6.07, 6.45) is 11.9. The Bertz CT molecular complexity index is 172. The molecule has 0 aromatic rings. The number of hydrogen-bond donors (Lipinski definition) is 1. The molecule has 0 amide bonds. The minimum absolute atomic E-state index is 0.188. The molecule has 0 aromatic heterocycles. The Balaban J connectivity index is 3.46. The Labute approximate surface area is 102 Å². The Morgan fingerprint density at radius 3 is 2.12 bits per heavy atom. The van der Waals surface area contributed by atoms with Gasteiger partial charge in [0.1, 0.15) is 0 Å². The minimum atomic E-state index is -0.564. The number of unbranched alkanes of at least 4 members (excludes halogenated alkanes) is 6. The van der Waals surface area contributed by atoms with Crippen molar-refractivity contribution in [3.63, 3.8) is 0 Å². The monoisotopic (exact) mass is 226 g/mol. The zero-order valence-electron chi connectivity index (χ0n) is 11.5. The maximum Gasteiger partial charge on any atom is 0.0679 e. The second-order valence-electron chi connectivity index (χ2n) is 5.25. The van der Waals surface area contributed by atoms with E-state index < -0.39 is 5.60 Å². The molecular weight excluding hydrogens is 196 g/mol. The summed E-state index contributed by atoms with van der Waals surface area (Å²) in [5, 5.41) is 10.2. The summed E-state index contributed by atoms with van der Waals surface area (Å²) in [6.45, 7) is 9.95. The smallest absolute Gasteiger partial charge is 0.0679 e. The van der Waals surface area contributed by atoms with Crippen molar-refractivity contribution in [3.05, 3.63) is 12.7 Å². The van der Waals surface area contributed by atoms with E-state index in [0.717, 1.165) is 12.8 Å². The fourth-order valence-corrected chi connectivity index (χ4v) is 1.92. The van der Waals surface area contributed by atoms with Gasteiger partial charge in [0.2, 0.25) is 0 Å². The van der Waals surface area contributed by atoms with Crippen molar-refractivity contribution >= 4 is 0 Å². The Kier molecular flexibility index (Phi) is 8.64. The van der Waals surface area contributed by atoms with Crippen molar-refractivity contribution in [1.82, 2.24) is 0 Å². The molecule has 16 heavy (non-hydrogen) atoms. The van der Waals surface area contributed by atoms with Crippen LogP contribution in [0.4, 0.5) is 0 Å². The molecule has 0 spiro atoms. The molecular formula is C15H30O.